The number of piperazine rings is 1. The van der Waals surface area contributed by atoms with Crippen LogP contribution in [0.25, 0.3) is 22.2 Å². The van der Waals surface area contributed by atoms with E-state index in [-0.39, 0.29) is 24.4 Å². The Labute approximate surface area is 335 Å². The van der Waals surface area contributed by atoms with Crippen LogP contribution in [0.2, 0.25) is 0 Å². The second-order valence-corrected chi connectivity index (χ2v) is 15.3. The summed E-state index contributed by atoms with van der Waals surface area (Å²) in [5.41, 5.74) is 9.57. The van der Waals surface area contributed by atoms with Gasteiger partial charge in [0.15, 0.2) is 5.65 Å². The van der Waals surface area contributed by atoms with Crippen LogP contribution in [0, 0.1) is 6.92 Å². The van der Waals surface area contributed by atoms with E-state index in [9.17, 15) is 9.59 Å². The third kappa shape index (κ3) is 9.47. The Balaban J connectivity index is 1.05. The van der Waals surface area contributed by atoms with Gasteiger partial charge in [0.2, 0.25) is 0 Å². The second-order valence-electron chi connectivity index (χ2n) is 15.3. The number of nitrogens with zero attached hydrogens (tertiary/aromatic N) is 4. The summed E-state index contributed by atoms with van der Waals surface area (Å²) in [5.74, 6) is 0.262. The van der Waals surface area contributed by atoms with Crippen LogP contribution in [0.4, 0.5) is 5.69 Å². The maximum atomic E-state index is 13.8. The zero-order valence-corrected chi connectivity index (χ0v) is 33.9. The Morgan fingerprint density at radius 3 is 2.46 bits per heavy atom. The van der Waals surface area contributed by atoms with Crippen molar-refractivity contribution in [1.29, 1.82) is 0 Å². The van der Waals surface area contributed by atoms with Gasteiger partial charge >= 0.3 is 0 Å². The molecule has 2 aliphatic rings. The van der Waals surface area contributed by atoms with Crippen LogP contribution in [-0.2, 0) is 37.3 Å². The molecule has 1 atom stereocenters. The topological polar surface area (TPSA) is 135 Å². The van der Waals surface area contributed by atoms with Crippen LogP contribution in [-0.4, -0.2) is 83.5 Å². The number of carbonyl (C=O) groups excluding carboxylic acids is 2. The minimum absolute atomic E-state index is 0.249. The Morgan fingerprint density at radius 1 is 0.965 bits per heavy atom. The van der Waals surface area contributed by atoms with E-state index < -0.39 is 0 Å². The van der Waals surface area contributed by atoms with Crippen molar-refractivity contribution in [2.45, 2.75) is 85.2 Å². The van der Waals surface area contributed by atoms with Crippen molar-refractivity contribution in [2.24, 2.45) is 0 Å². The molecule has 0 aliphatic carbocycles. The average molecular weight is 773 g/mol. The molecule has 2 aliphatic heterocycles. The molecule has 4 N–H and O–H groups in total. The Morgan fingerprint density at radius 2 is 1.74 bits per heavy atom. The maximum absolute atomic E-state index is 13.8. The molecule has 3 aromatic carbocycles. The summed E-state index contributed by atoms with van der Waals surface area (Å²) in [6.45, 7) is 14.9. The molecule has 57 heavy (non-hydrogen) atoms. The number of aryl methyl sites for hydroxylation is 3. The molecule has 5 aromatic rings. The molecular formula is C45H56N8O4. The fourth-order valence-corrected chi connectivity index (χ4v) is 8.04. The standard InChI is InChI=1S/C45H56N8O4/c1-6-40-38(42(50-36-13-17-57-18-14-36)39-26-49-53(7-2)43(39)51-40)25-48-45(55)35-20-29(3)19-34(23-35)44(54)47-24-31-11-12-41(56-5)37(22-31)33-10-8-9-32(21-33)28-52-16-15-46-30(4)27-52/h8-12,19-23,26,30,36,46H,6-7,13-18,24-25,27-28H2,1-5H3,(H,47,54)(H,48,55)(H,50,51)/t30-/m0/s1. The molecule has 4 heterocycles. The number of benzene rings is 3. The molecule has 0 radical (unpaired) electrons. The van der Waals surface area contributed by atoms with E-state index in [2.05, 4.69) is 82.4 Å². The van der Waals surface area contributed by atoms with E-state index in [0.29, 0.717) is 49.9 Å². The van der Waals surface area contributed by atoms with Gasteiger partial charge in [-0.3, -0.25) is 14.5 Å². The molecule has 0 spiro atoms. The second kappa shape index (κ2) is 18.3. The first-order valence-electron chi connectivity index (χ1n) is 20.3. The molecule has 2 aromatic heterocycles. The van der Waals surface area contributed by atoms with Crippen LogP contribution in [0.5, 0.6) is 5.75 Å². The van der Waals surface area contributed by atoms with Crippen LogP contribution < -0.4 is 26.0 Å². The highest BCUT2D eigenvalue weighted by Crippen LogP contribution is 2.33. The predicted octanol–water partition coefficient (Wildman–Crippen LogP) is 6.24. The lowest BCUT2D eigenvalue weighted by molar-refractivity contribution is 0.0904. The van der Waals surface area contributed by atoms with E-state index in [0.717, 1.165) is 95.0 Å². The van der Waals surface area contributed by atoms with Crippen molar-refractivity contribution in [3.05, 3.63) is 106 Å². The smallest absolute Gasteiger partial charge is 0.251 e. The van der Waals surface area contributed by atoms with Gasteiger partial charge in [-0.15, -0.1) is 0 Å². The zero-order chi connectivity index (χ0) is 39.9. The van der Waals surface area contributed by atoms with Gasteiger partial charge in [-0.05, 0) is 98.7 Å². The number of ether oxygens (including phenoxy) is 2. The van der Waals surface area contributed by atoms with E-state index in [1.54, 1.807) is 13.2 Å². The highest BCUT2D eigenvalue weighted by atomic mass is 16.5. The lowest BCUT2D eigenvalue weighted by Crippen LogP contribution is -2.48. The summed E-state index contributed by atoms with van der Waals surface area (Å²) >= 11 is 0. The molecule has 12 nitrogen and oxygen atoms in total. The van der Waals surface area contributed by atoms with Gasteiger partial charge in [0.05, 0.1) is 24.4 Å². The Bertz CT molecular complexity index is 2210. The fraction of sp³-hybridized carbons (Fsp3) is 0.422. The van der Waals surface area contributed by atoms with Crippen molar-refractivity contribution in [2.75, 3.05) is 45.3 Å². The van der Waals surface area contributed by atoms with Crippen LogP contribution in [0.3, 0.4) is 0 Å². The monoisotopic (exact) mass is 772 g/mol. The summed E-state index contributed by atoms with van der Waals surface area (Å²) in [6, 6.07) is 20.6. The van der Waals surface area contributed by atoms with E-state index >= 15 is 0 Å². The van der Waals surface area contributed by atoms with Gasteiger partial charge in [0, 0.05) is 99.1 Å². The predicted molar refractivity (Wildman–Crippen MR) is 225 cm³/mol. The molecular weight excluding hydrogens is 717 g/mol. The number of hydrogen-bond donors (Lipinski definition) is 4. The summed E-state index contributed by atoms with van der Waals surface area (Å²) < 4.78 is 13.3. The average Bonchev–Trinajstić information content (AvgIpc) is 3.65. The number of anilines is 1. The van der Waals surface area contributed by atoms with Gasteiger partial charge in [-0.2, -0.15) is 5.10 Å². The highest BCUT2D eigenvalue weighted by molar-refractivity contribution is 6.00. The van der Waals surface area contributed by atoms with Gasteiger partial charge in [0.25, 0.3) is 11.8 Å². The first-order chi connectivity index (χ1) is 27.7. The van der Waals surface area contributed by atoms with Gasteiger partial charge < -0.3 is 30.7 Å². The van der Waals surface area contributed by atoms with Crippen molar-refractivity contribution >= 4 is 28.5 Å². The van der Waals surface area contributed by atoms with Crippen molar-refractivity contribution in [3.63, 3.8) is 0 Å². The molecule has 0 bridgehead atoms. The first-order valence-corrected chi connectivity index (χ1v) is 20.3. The zero-order valence-electron chi connectivity index (χ0n) is 33.9. The largest absolute Gasteiger partial charge is 0.496 e. The van der Waals surface area contributed by atoms with Crippen molar-refractivity contribution in [3.8, 4) is 16.9 Å². The SMILES string of the molecule is CCc1nc2c(cnn2CC)c(NC2CCOCC2)c1CNC(=O)c1cc(C)cc(C(=O)NCc2ccc(OC)c(-c3cccc(CN4CCN[C@@H](C)C4)c3)c2)c1. The van der Waals surface area contributed by atoms with Gasteiger partial charge in [0.1, 0.15) is 5.75 Å². The number of aromatic nitrogens is 3. The van der Waals surface area contributed by atoms with Crippen molar-refractivity contribution < 1.29 is 19.1 Å². The van der Waals surface area contributed by atoms with Crippen molar-refractivity contribution in [1.82, 2.24) is 35.6 Å². The van der Waals surface area contributed by atoms with Crippen LogP contribution in [0.1, 0.15) is 82.3 Å². The normalized spacial score (nSPS) is 16.4. The molecule has 2 fully saturated rings. The summed E-state index contributed by atoms with van der Waals surface area (Å²) in [7, 11) is 1.68. The number of nitrogens with one attached hydrogen (secondary N) is 4. The molecule has 7 rings (SSSR count). The van der Waals surface area contributed by atoms with Gasteiger partial charge in [-0.25, -0.2) is 9.67 Å². The number of rotatable bonds is 14. The first kappa shape index (κ1) is 39.9. The lowest BCUT2D eigenvalue weighted by Gasteiger charge is -2.31. The number of carbonyl (C=O) groups is 2. The Kier molecular flexibility index (Phi) is 12.8. The minimum atomic E-state index is -0.260. The number of fused-ring (bicyclic) bond motifs is 1. The third-order valence-corrected chi connectivity index (χ3v) is 11.0. The van der Waals surface area contributed by atoms with E-state index in [4.69, 9.17) is 14.5 Å². The quantitative estimate of drug-likeness (QED) is 0.104. The highest BCUT2D eigenvalue weighted by Gasteiger charge is 2.23. The molecule has 0 unspecified atom stereocenters. The molecule has 0 saturated carbocycles. The molecule has 300 valence electrons. The fourth-order valence-electron chi connectivity index (χ4n) is 8.04. The third-order valence-electron chi connectivity index (χ3n) is 11.0. The summed E-state index contributed by atoms with van der Waals surface area (Å²) in [6.07, 6.45) is 4.37. The molecule has 2 amide bonds. The van der Waals surface area contributed by atoms with E-state index in [1.807, 2.05) is 42.1 Å². The maximum Gasteiger partial charge on any atom is 0.251 e. The summed E-state index contributed by atoms with van der Waals surface area (Å²) in [4.78, 5) is 34.9. The number of pyridine rings is 1. The Hall–Kier alpha value is -5.30. The van der Waals surface area contributed by atoms with Crippen LogP contribution >= 0.6 is 0 Å². The molecule has 2 saturated heterocycles. The van der Waals surface area contributed by atoms with Gasteiger partial charge in [-0.1, -0.05) is 31.2 Å². The minimum Gasteiger partial charge on any atom is -0.496 e. The number of hydrogen-bond acceptors (Lipinski definition) is 9. The molecule has 12 heteroatoms. The van der Waals surface area contributed by atoms with E-state index in [1.165, 1.54) is 5.56 Å². The number of methoxy groups -OCH3 is 1. The van der Waals surface area contributed by atoms with Crippen LogP contribution in [0.15, 0.2) is 66.9 Å². The summed E-state index contributed by atoms with van der Waals surface area (Å²) in [5, 5.41) is 19.1. The number of amides is 2. The lowest BCUT2D eigenvalue weighted by atomic mass is 9.99.